The van der Waals surface area contributed by atoms with Gasteiger partial charge < -0.3 is 16.0 Å². The number of hydrogen-bond acceptors (Lipinski definition) is 6. The molecule has 0 aliphatic heterocycles. The number of anilines is 1. The van der Waals surface area contributed by atoms with Crippen LogP contribution in [-0.2, 0) is 9.59 Å². The third kappa shape index (κ3) is 5.64. The van der Waals surface area contributed by atoms with Crippen LogP contribution in [0.5, 0.6) is 0 Å². The highest BCUT2D eigenvalue weighted by Gasteiger charge is 2.17. The number of nitrogens with zero attached hydrogens (tertiary/aromatic N) is 4. The van der Waals surface area contributed by atoms with E-state index in [4.69, 9.17) is 11.6 Å². The standard InChI is InChI=1S/C19H22ClN7O2/c1-12-9-17(27-19(25-12)23-11-24-27)21-7-8-22-18(29)10-16(26-13(2)28)14-3-5-15(20)6-4-14/h3-6,9,11,16,21H,7-8,10H2,1-2H3,(H,22,29)(H,26,28). The summed E-state index contributed by atoms with van der Waals surface area (Å²) >= 11 is 5.91. The summed E-state index contributed by atoms with van der Waals surface area (Å²) in [6, 6.07) is 8.50. The molecule has 1 aromatic carbocycles. The molecule has 0 radical (unpaired) electrons. The number of halogens is 1. The summed E-state index contributed by atoms with van der Waals surface area (Å²) in [6.45, 7) is 4.20. The highest BCUT2D eigenvalue weighted by Crippen LogP contribution is 2.19. The lowest BCUT2D eigenvalue weighted by molar-refractivity contribution is -0.122. The molecule has 29 heavy (non-hydrogen) atoms. The topological polar surface area (TPSA) is 113 Å². The molecule has 2 heterocycles. The van der Waals surface area contributed by atoms with Crippen molar-refractivity contribution in [3.8, 4) is 0 Å². The summed E-state index contributed by atoms with van der Waals surface area (Å²) in [6.07, 6.45) is 1.57. The lowest BCUT2D eigenvalue weighted by Crippen LogP contribution is -2.34. The van der Waals surface area contributed by atoms with Crippen LogP contribution >= 0.6 is 11.6 Å². The fourth-order valence-electron chi connectivity index (χ4n) is 2.90. The minimum atomic E-state index is -0.421. The monoisotopic (exact) mass is 415 g/mol. The summed E-state index contributed by atoms with van der Waals surface area (Å²) in [5, 5.41) is 13.6. The molecule has 0 saturated carbocycles. The molecule has 3 N–H and O–H groups in total. The first-order valence-electron chi connectivity index (χ1n) is 9.13. The average Bonchev–Trinajstić information content (AvgIpc) is 3.13. The molecule has 0 aliphatic carbocycles. The maximum atomic E-state index is 12.4. The number of aryl methyl sites for hydroxylation is 1. The van der Waals surface area contributed by atoms with Crippen molar-refractivity contribution in [1.29, 1.82) is 0 Å². The second-order valence-corrected chi connectivity index (χ2v) is 6.98. The lowest BCUT2D eigenvalue weighted by atomic mass is 10.0. The minimum Gasteiger partial charge on any atom is -0.368 e. The van der Waals surface area contributed by atoms with Crippen LogP contribution in [0, 0.1) is 6.92 Å². The number of aromatic nitrogens is 4. The van der Waals surface area contributed by atoms with E-state index in [0.29, 0.717) is 23.9 Å². The van der Waals surface area contributed by atoms with Gasteiger partial charge in [0.25, 0.3) is 5.78 Å². The first-order valence-corrected chi connectivity index (χ1v) is 9.50. The third-order valence-corrected chi connectivity index (χ3v) is 4.42. The zero-order chi connectivity index (χ0) is 20.8. The van der Waals surface area contributed by atoms with Crippen molar-refractivity contribution in [1.82, 2.24) is 30.2 Å². The first-order chi connectivity index (χ1) is 13.9. The smallest absolute Gasteiger partial charge is 0.254 e. The molecule has 0 spiro atoms. The van der Waals surface area contributed by atoms with E-state index in [9.17, 15) is 9.59 Å². The summed E-state index contributed by atoms with van der Waals surface area (Å²) in [7, 11) is 0. The molecule has 0 fully saturated rings. The Morgan fingerprint density at radius 3 is 2.69 bits per heavy atom. The molecule has 152 valence electrons. The molecule has 9 nitrogen and oxygen atoms in total. The Bertz CT molecular complexity index is 1000. The van der Waals surface area contributed by atoms with Gasteiger partial charge in [-0.05, 0) is 24.6 Å². The van der Waals surface area contributed by atoms with E-state index in [1.807, 2.05) is 13.0 Å². The maximum absolute atomic E-state index is 12.4. The van der Waals surface area contributed by atoms with Gasteiger partial charge in [-0.3, -0.25) is 9.59 Å². The quantitative estimate of drug-likeness (QED) is 0.484. The number of carbonyl (C=O) groups excluding carboxylic acids is 2. The Morgan fingerprint density at radius 2 is 1.97 bits per heavy atom. The largest absolute Gasteiger partial charge is 0.368 e. The summed E-state index contributed by atoms with van der Waals surface area (Å²) in [4.78, 5) is 32.2. The van der Waals surface area contributed by atoms with Crippen LogP contribution < -0.4 is 16.0 Å². The summed E-state index contributed by atoms with van der Waals surface area (Å²) in [5.74, 6) is 0.885. The van der Waals surface area contributed by atoms with Crippen molar-refractivity contribution >= 4 is 35.0 Å². The van der Waals surface area contributed by atoms with Crippen LogP contribution in [0.3, 0.4) is 0 Å². The van der Waals surface area contributed by atoms with E-state index >= 15 is 0 Å². The van der Waals surface area contributed by atoms with E-state index < -0.39 is 6.04 Å². The van der Waals surface area contributed by atoms with Gasteiger partial charge in [-0.25, -0.2) is 4.98 Å². The van der Waals surface area contributed by atoms with Gasteiger partial charge in [0.2, 0.25) is 11.8 Å². The fraction of sp³-hybridized carbons (Fsp3) is 0.316. The number of rotatable bonds is 8. The summed E-state index contributed by atoms with van der Waals surface area (Å²) < 4.78 is 1.60. The van der Waals surface area contributed by atoms with Crippen LogP contribution in [0.25, 0.3) is 5.78 Å². The number of nitrogens with one attached hydrogen (secondary N) is 3. The Kier molecular flexibility index (Phi) is 6.61. The van der Waals surface area contributed by atoms with Crippen molar-refractivity contribution in [3.05, 3.63) is 52.9 Å². The Morgan fingerprint density at radius 1 is 1.21 bits per heavy atom. The van der Waals surface area contributed by atoms with Crippen LogP contribution in [0.4, 0.5) is 5.82 Å². The Hall–Kier alpha value is -3.20. The second kappa shape index (κ2) is 9.33. The van der Waals surface area contributed by atoms with Crippen molar-refractivity contribution < 1.29 is 9.59 Å². The molecular formula is C19H22ClN7O2. The van der Waals surface area contributed by atoms with E-state index in [0.717, 1.165) is 17.1 Å². The SMILES string of the molecule is CC(=O)NC(CC(=O)NCCNc1cc(C)nc2ncnn12)c1ccc(Cl)cc1. The van der Waals surface area contributed by atoms with Crippen LogP contribution in [0.1, 0.15) is 30.6 Å². The highest BCUT2D eigenvalue weighted by molar-refractivity contribution is 6.30. The number of benzene rings is 1. The molecule has 2 amide bonds. The predicted molar refractivity (Wildman–Crippen MR) is 110 cm³/mol. The number of hydrogen-bond donors (Lipinski definition) is 3. The van der Waals surface area contributed by atoms with Crippen LogP contribution in [-0.4, -0.2) is 44.5 Å². The Balaban J connectivity index is 1.53. The van der Waals surface area contributed by atoms with E-state index in [1.165, 1.54) is 13.3 Å². The lowest BCUT2D eigenvalue weighted by Gasteiger charge is -2.18. The van der Waals surface area contributed by atoms with Gasteiger partial charge >= 0.3 is 0 Å². The molecule has 0 aliphatic rings. The molecule has 3 aromatic rings. The molecule has 1 atom stereocenters. The minimum absolute atomic E-state index is 0.128. The molecule has 10 heteroatoms. The molecule has 1 unspecified atom stereocenters. The van der Waals surface area contributed by atoms with E-state index in [2.05, 4.69) is 31.0 Å². The van der Waals surface area contributed by atoms with Crippen molar-refractivity contribution in [3.63, 3.8) is 0 Å². The van der Waals surface area contributed by atoms with Crippen molar-refractivity contribution in [2.45, 2.75) is 26.3 Å². The van der Waals surface area contributed by atoms with E-state index in [1.54, 1.807) is 28.8 Å². The van der Waals surface area contributed by atoms with Crippen LogP contribution in [0.15, 0.2) is 36.7 Å². The third-order valence-electron chi connectivity index (χ3n) is 4.17. The van der Waals surface area contributed by atoms with Gasteiger partial charge in [-0.15, -0.1) is 0 Å². The van der Waals surface area contributed by atoms with Gasteiger partial charge in [-0.2, -0.15) is 14.6 Å². The second-order valence-electron chi connectivity index (χ2n) is 6.54. The molecular weight excluding hydrogens is 394 g/mol. The van der Waals surface area contributed by atoms with Gasteiger partial charge in [0.05, 0.1) is 12.5 Å². The molecule has 2 aromatic heterocycles. The van der Waals surface area contributed by atoms with Crippen molar-refractivity contribution in [2.75, 3.05) is 18.4 Å². The fourth-order valence-corrected chi connectivity index (χ4v) is 3.03. The van der Waals surface area contributed by atoms with Gasteiger partial charge in [0.15, 0.2) is 0 Å². The van der Waals surface area contributed by atoms with Gasteiger partial charge in [-0.1, -0.05) is 23.7 Å². The Labute approximate surface area is 172 Å². The van der Waals surface area contributed by atoms with Crippen LogP contribution in [0.2, 0.25) is 5.02 Å². The molecule has 0 bridgehead atoms. The van der Waals surface area contributed by atoms with Gasteiger partial charge in [0, 0.05) is 36.8 Å². The molecule has 0 saturated heterocycles. The zero-order valence-electron chi connectivity index (χ0n) is 16.1. The first kappa shape index (κ1) is 20.5. The van der Waals surface area contributed by atoms with Crippen molar-refractivity contribution in [2.24, 2.45) is 0 Å². The normalized spacial score (nSPS) is 11.8. The average molecular weight is 416 g/mol. The zero-order valence-corrected chi connectivity index (χ0v) is 16.9. The maximum Gasteiger partial charge on any atom is 0.254 e. The summed E-state index contributed by atoms with van der Waals surface area (Å²) in [5.41, 5.74) is 1.64. The number of carbonyl (C=O) groups is 2. The molecule has 3 rings (SSSR count). The number of fused-ring (bicyclic) bond motifs is 1. The number of amides is 2. The highest BCUT2D eigenvalue weighted by atomic mass is 35.5. The van der Waals surface area contributed by atoms with E-state index in [-0.39, 0.29) is 18.2 Å². The van der Waals surface area contributed by atoms with Gasteiger partial charge in [0.1, 0.15) is 12.1 Å². The predicted octanol–water partition coefficient (Wildman–Crippen LogP) is 1.88.